The number of anilines is 1. The van der Waals surface area contributed by atoms with E-state index in [9.17, 15) is 9.18 Å². The molecule has 4 aromatic rings. The van der Waals surface area contributed by atoms with Crippen LogP contribution in [0.25, 0.3) is 11.4 Å². The van der Waals surface area contributed by atoms with Gasteiger partial charge in [0.1, 0.15) is 5.82 Å². The van der Waals surface area contributed by atoms with Crippen molar-refractivity contribution in [3.63, 3.8) is 0 Å². The van der Waals surface area contributed by atoms with Gasteiger partial charge in [-0.15, -0.1) is 5.10 Å². The zero-order chi connectivity index (χ0) is 30.5. The summed E-state index contributed by atoms with van der Waals surface area (Å²) in [4.78, 5) is 22.4. The Bertz CT molecular complexity index is 1530. The molecule has 0 spiro atoms. The number of amides is 2. The number of carbonyl (C=O) groups excluding carboxylic acids is 1. The van der Waals surface area contributed by atoms with Crippen molar-refractivity contribution in [2.45, 2.75) is 38.3 Å². The van der Waals surface area contributed by atoms with E-state index in [0.717, 1.165) is 68.4 Å². The van der Waals surface area contributed by atoms with Gasteiger partial charge in [-0.05, 0) is 84.5 Å². The van der Waals surface area contributed by atoms with E-state index in [1.165, 1.54) is 12.0 Å². The molecule has 12 nitrogen and oxygen atoms in total. The van der Waals surface area contributed by atoms with E-state index in [0.29, 0.717) is 29.8 Å². The molecule has 4 heterocycles. The predicted molar refractivity (Wildman–Crippen MR) is 165 cm³/mol. The quantitative estimate of drug-likeness (QED) is 0.271. The largest absolute Gasteiger partial charge is 0.343 e. The number of halogens is 2. The highest BCUT2D eigenvalue weighted by Crippen LogP contribution is 2.27. The van der Waals surface area contributed by atoms with Crippen LogP contribution in [0.15, 0.2) is 57.9 Å². The minimum atomic E-state index is -0.250. The second-order valence-corrected chi connectivity index (χ2v) is 12.7. The van der Waals surface area contributed by atoms with Crippen molar-refractivity contribution in [3.05, 3.63) is 70.5 Å². The molecular formula is C30H36BrFN10O2. The maximum Gasteiger partial charge on any atom is 0.319 e. The highest BCUT2D eigenvalue weighted by atomic mass is 79.9. The van der Waals surface area contributed by atoms with Crippen LogP contribution in [-0.4, -0.2) is 84.9 Å². The average Bonchev–Trinajstić information content (AvgIpc) is 3.67. The molecule has 2 aromatic heterocycles. The Kier molecular flexibility index (Phi) is 9.57. The fraction of sp³-hybridized carbons (Fsp3) is 0.467. The molecule has 2 saturated heterocycles. The monoisotopic (exact) mass is 666 g/mol. The summed E-state index contributed by atoms with van der Waals surface area (Å²) < 4.78 is 20.8. The van der Waals surface area contributed by atoms with Crippen molar-refractivity contribution in [2.75, 3.05) is 38.0 Å². The Hall–Kier alpha value is -3.75. The molecule has 1 unspecified atom stereocenters. The summed E-state index contributed by atoms with van der Waals surface area (Å²) in [6.45, 7) is 5.10. The molecule has 0 saturated carbocycles. The third-order valence-electron chi connectivity index (χ3n) is 8.47. The number of likely N-dealkylation sites (tertiary alicyclic amines) is 2. The van der Waals surface area contributed by atoms with Crippen LogP contribution >= 0.6 is 15.9 Å². The Morgan fingerprint density at radius 1 is 1.11 bits per heavy atom. The topological polar surface area (TPSA) is 130 Å². The summed E-state index contributed by atoms with van der Waals surface area (Å²) in [6.07, 6.45) is 5.38. The molecule has 14 heteroatoms. The van der Waals surface area contributed by atoms with Gasteiger partial charge in [-0.3, -0.25) is 4.90 Å². The van der Waals surface area contributed by atoms with Crippen LogP contribution in [0, 0.1) is 17.7 Å². The highest BCUT2D eigenvalue weighted by molar-refractivity contribution is 9.10. The fourth-order valence-corrected chi connectivity index (χ4v) is 6.95. The summed E-state index contributed by atoms with van der Waals surface area (Å²) in [5, 5.41) is 22.0. The molecule has 2 aliphatic heterocycles. The van der Waals surface area contributed by atoms with E-state index < -0.39 is 0 Å². The number of carbonyl (C=O) groups is 1. The number of urea groups is 1. The van der Waals surface area contributed by atoms with Crippen LogP contribution in [0.2, 0.25) is 0 Å². The molecular weight excluding hydrogens is 631 g/mol. The summed E-state index contributed by atoms with van der Waals surface area (Å²) in [7, 11) is 1.77. The second-order valence-electron chi connectivity index (χ2n) is 11.8. The minimum Gasteiger partial charge on any atom is -0.343 e. The van der Waals surface area contributed by atoms with Crippen LogP contribution in [0.5, 0.6) is 0 Å². The molecule has 2 amide bonds. The first-order valence-corrected chi connectivity index (χ1v) is 15.7. The molecule has 232 valence electrons. The SMILES string of the molecule is Cn1nnnc1-c1cc(Br)cc(NC(=O)N[C@@H]2CCN(Cc3ncon3)C[C@H]2CN2CCCC(Cc3ccc(F)cc3)C2)c1. The summed E-state index contributed by atoms with van der Waals surface area (Å²) >= 11 is 3.54. The predicted octanol–water partition coefficient (Wildman–Crippen LogP) is 4.13. The van der Waals surface area contributed by atoms with Gasteiger partial charge >= 0.3 is 6.03 Å². The Balaban J connectivity index is 1.12. The van der Waals surface area contributed by atoms with E-state index in [1.54, 1.807) is 23.9 Å². The smallest absolute Gasteiger partial charge is 0.319 e. The number of benzene rings is 2. The number of rotatable bonds is 9. The van der Waals surface area contributed by atoms with Gasteiger partial charge in [0, 0.05) is 60.9 Å². The summed E-state index contributed by atoms with van der Waals surface area (Å²) in [5.41, 5.74) is 2.60. The highest BCUT2D eigenvalue weighted by Gasteiger charge is 2.33. The van der Waals surface area contributed by atoms with Crippen LogP contribution in [0.1, 0.15) is 30.7 Å². The Morgan fingerprint density at radius 3 is 2.75 bits per heavy atom. The van der Waals surface area contributed by atoms with E-state index in [2.05, 4.69) is 62.0 Å². The number of hydrogen-bond acceptors (Lipinski definition) is 9. The molecule has 0 radical (unpaired) electrons. The van der Waals surface area contributed by atoms with Crippen LogP contribution in [0.3, 0.4) is 0 Å². The van der Waals surface area contributed by atoms with Crippen molar-refractivity contribution >= 4 is 27.6 Å². The molecule has 2 aliphatic rings. The maximum atomic E-state index is 13.4. The summed E-state index contributed by atoms with van der Waals surface area (Å²) in [6, 6.07) is 12.2. The lowest BCUT2D eigenvalue weighted by atomic mass is 9.88. The van der Waals surface area contributed by atoms with E-state index in [4.69, 9.17) is 4.52 Å². The number of nitrogens with zero attached hydrogens (tertiary/aromatic N) is 8. The number of aryl methyl sites for hydroxylation is 1. The lowest BCUT2D eigenvalue weighted by molar-refractivity contribution is 0.0803. The van der Waals surface area contributed by atoms with Gasteiger partial charge in [-0.25, -0.2) is 13.9 Å². The molecule has 2 fully saturated rings. The standard InChI is InChI=1S/C30H36BrFN10O2/c1-40-29(36-38-39-40)22-12-24(31)14-26(13-22)34-30(43)35-27-8-10-42(18-28-33-19-44-37-28)17-23(27)16-41-9-2-3-21(15-41)11-20-4-6-25(32)7-5-20/h4-7,12-14,19,21,23,27H,2-3,8-11,15-18H2,1H3,(H2,34,35,43)/t21?,23-,27-/m1/s1. The number of hydrogen-bond donors (Lipinski definition) is 2. The minimum absolute atomic E-state index is 0.0106. The molecule has 44 heavy (non-hydrogen) atoms. The third kappa shape index (κ3) is 7.85. The van der Waals surface area contributed by atoms with E-state index >= 15 is 0 Å². The Morgan fingerprint density at radius 2 is 1.98 bits per heavy atom. The van der Waals surface area contributed by atoms with Crippen LogP contribution in [0.4, 0.5) is 14.9 Å². The van der Waals surface area contributed by atoms with Gasteiger partial charge in [0.05, 0.1) is 6.54 Å². The van der Waals surface area contributed by atoms with Gasteiger partial charge in [0.15, 0.2) is 11.6 Å². The lowest BCUT2D eigenvalue weighted by Crippen LogP contribution is -2.55. The fourth-order valence-electron chi connectivity index (χ4n) is 6.46. The lowest BCUT2D eigenvalue weighted by Gasteiger charge is -2.42. The van der Waals surface area contributed by atoms with Gasteiger partial charge < -0.3 is 20.1 Å². The zero-order valence-electron chi connectivity index (χ0n) is 24.6. The molecule has 3 atom stereocenters. The van der Waals surface area contributed by atoms with Crippen molar-refractivity contribution in [2.24, 2.45) is 18.9 Å². The molecule has 2 N–H and O–H groups in total. The molecule has 0 bridgehead atoms. The second kappa shape index (κ2) is 13.9. The molecule has 2 aromatic carbocycles. The number of piperidine rings is 2. The van der Waals surface area contributed by atoms with Crippen LogP contribution < -0.4 is 10.6 Å². The number of aromatic nitrogens is 6. The van der Waals surface area contributed by atoms with Crippen molar-refractivity contribution in [3.8, 4) is 11.4 Å². The van der Waals surface area contributed by atoms with E-state index in [1.807, 2.05) is 30.3 Å². The molecule has 6 rings (SSSR count). The third-order valence-corrected chi connectivity index (χ3v) is 8.93. The van der Waals surface area contributed by atoms with Crippen molar-refractivity contribution in [1.82, 2.24) is 45.5 Å². The van der Waals surface area contributed by atoms with E-state index in [-0.39, 0.29) is 23.8 Å². The summed E-state index contributed by atoms with van der Waals surface area (Å²) in [5.74, 6) is 1.77. The first-order chi connectivity index (χ1) is 21.4. The number of tetrazole rings is 1. The van der Waals surface area contributed by atoms with Gasteiger partial charge in [-0.1, -0.05) is 33.2 Å². The first-order valence-electron chi connectivity index (χ1n) is 14.9. The zero-order valence-corrected chi connectivity index (χ0v) is 26.2. The van der Waals surface area contributed by atoms with Gasteiger partial charge in [0.2, 0.25) is 6.39 Å². The van der Waals surface area contributed by atoms with Gasteiger partial charge in [-0.2, -0.15) is 4.98 Å². The van der Waals surface area contributed by atoms with Crippen LogP contribution in [-0.2, 0) is 20.0 Å². The molecule has 0 aliphatic carbocycles. The number of nitrogens with one attached hydrogen (secondary N) is 2. The Labute approximate surface area is 263 Å². The average molecular weight is 668 g/mol. The first kappa shape index (κ1) is 30.3. The maximum absolute atomic E-state index is 13.4. The van der Waals surface area contributed by atoms with Gasteiger partial charge in [0.25, 0.3) is 0 Å². The normalized spacial score (nSPS) is 21.3. The van der Waals surface area contributed by atoms with Crippen molar-refractivity contribution in [1.29, 1.82) is 0 Å². The van der Waals surface area contributed by atoms with Crippen molar-refractivity contribution < 1.29 is 13.7 Å².